The fourth-order valence-corrected chi connectivity index (χ4v) is 6.11. The number of ether oxygens (including phenoxy) is 1. The van der Waals surface area contributed by atoms with Crippen molar-refractivity contribution < 1.29 is 31.9 Å². The fraction of sp³-hybridized carbons (Fsp3) is 0.394. The van der Waals surface area contributed by atoms with Crippen LogP contribution in [-0.2, 0) is 11.0 Å². The van der Waals surface area contributed by atoms with Crippen LogP contribution < -0.4 is 37.1 Å². The van der Waals surface area contributed by atoms with Gasteiger partial charge in [0.05, 0.1) is 23.5 Å². The Morgan fingerprint density at radius 1 is 0.979 bits per heavy atom. The summed E-state index contributed by atoms with van der Waals surface area (Å²) in [7, 11) is 1.73. The highest BCUT2D eigenvalue weighted by Gasteiger charge is 2.35. The van der Waals surface area contributed by atoms with Gasteiger partial charge in [-0.05, 0) is 84.5 Å². The van der Waals surface area contributed by atoms with Crippen molar-refractivity contribution in [1.82, 2.24) is 21.4 Å². The Kier molecular flexibility index (Phi) is 11.0. The van der Waals surface area contributed by atoms with E-state index >= 15 is 0 Å². The van der Waals surface area contributed by atoms with Crippen LogP contribution in [0.5, 0.6) is 5.75 Å². The van der Waals surface area contributed by atoms with Crippen molar-refractivity contribution in [2.45, 2.75) is 44.2 Å². The zero-order valence-electron chi connectivity index (χ0n) is 26.0. The first-order chi connectivity index (χ1) is 22.5. The second-order valence-electron chi connectivity index (χ2n) is 11.8. The van der Waals surface area contributed by atoms with E-state index in [1.54, 1.807) is 13.1 Å². The van der Waals surface area contributed by atoms with Crippen molar-refractivity contribution in [3.05, 3.63) is 77.6 Å². The minimum Gasteiger partial charge on any atom is -0.490 e. The molecule has 10 nitrogen and oxygen atoms in total. The molecule has 3 amide bonds. The lowest BCUT2D eigenvalue weighted by Crippen LogP contribution is -2.50. The number of amides is 3. The predicted molar refractivity (Wildman–Crippen MR) is 171 cm³/mol. The van der Waals surface area contributed by atoms with E-state index in [-0.39, 0.29) is 19.1 Å². The average Bonchev–Trinajstić information content (AvgIpc) is 3.06. The summed E-state index contributed by atoms with van der Waals surface area (Å²) in [5.74, 6) is 5.50. The van der Waals surface area contributed by atoms with Gasteiger partial charge in [-0.2, -0.15) is 23.8 Å². The van der Waals surface area contributed by atoms with Gasteiger partial charge in [-0.25, -0.2) is 14.6 Å². The highest BCUT2D eigenvalue weighted by atomic mass is 19.4. The van der Waals surface area contributed by atoms with Crippen molar-refractivity contribution in [2.24, 2.45) is 11.8 Å². The Balaban J connectivity index is 1.16. The molecule has 0 radical (unpaired) electrons. The van der Waals surface area contributed by atoms with Crippen LogP contribution >= 0.6 is 0 Å². The van der Waals surface area contributed by atoms with E-state index in [2.05, 4.69) is 33.7 Å². The molecule has 14 heteroatoms. The molecule has 1 aliphatic heterocycles. The molecule has 252 valence electrons. The number of nitrogens with zero attached hydrogens (tertiary/aromatic N) is 2. The van der Waals surface area contributed by atoms with Gasteiger partial charge < -0.3 is 15.4 Å². The molecule has 3 aromatic rings. The molecule has 1 saturated carbocycles. The Labute approximate surface area is 270 Å². The van der Waals surface area contributed by atoms with Crippen molar-refractivity contribution in [2.75, 3.05) is 43.5 Å². The number of nitrogens with two attached hydrogens (primary N) is 1. The molecule has 3 aromatic carbocycles. The number of urea groups is 1. The zero-order valence-corrected chi connectivity index (χ0v) is 26.0. The number of alkyl halides is 3. The summed E-state index contributed by atoms with van der Waals surface area (Å²) in [4.78, 5) is 26.7. The molecule has 0 atom stereocenters. The van der Waals surface area contributed by atoms with E-state index in [9.17, 15) is 27.2 Å². The lowest BCUT2D eigenvalue weighted by Gasteiger charge is -2.30. The first kappa shape index (κ1) is 34.1. The van der Waals surface area contributed by atoms with Crippen molar-refractivity contribution >= 4 is 23.3 Å². The van der Waals surface area contributed by atoms with E-state index in [1.807, 2.05) is 24.3 Å². The van der Waals surface area contributed by atoms with Crippen LogP contribution in [0.25, 0.3) is 11.1 Å². The van der Waals surface area contributed by atoms with Gasteiger partial charge in [0.2, 0.25) is 5.91 Å². The van der Waals surface area contributed by atoms with Gasteiger partial charge in [0.1, 0.15) is 18.2 Å². The molecule has 0 aromatic heterocycles. The fourth-order valence-electron chi connectivity index (χ4n) is 6.11. The SMILES string of the molecule is CN(NN)NCCNC(=O)CC1CCC(c2ccc(-c3ccc4c(c3)OCCN4C(=O)Nc3ccc(F)cc3C(F)(F)F)cc2)CC1. The summed E-state index contributed by atoms with van der Waals surface area (Å²) in [5.41, 5.74) is 7.12. The van der Waals surface area contributed by atoms with Crippen molar-refractivity contribution in [3.8, 4) is 16.9 Å². The minimum atomic E-state index is -4.84. The molecule has 1 heterocycles. The summed E-state index contributed by atoms with van der Waals surface area (Å²) in [6.07, 6.45) is -0.311. The number of fused-ring (bicyclic) bond motifs is 1. The van der Waals surface area contributed by atoms with Crippen LogP contribution in [0, 0.1) is 11.7 Å². The number of anilines is 2. The maximum absolute atomic E-state index is 13.5. The molecular weight excluding hydrogens is 618 g/mol. The molecule has 0 bridgehead atoms. The minimum absolute atomic E-state index is 0.0595. The van der Waals surface area contributed by atoms with Gasteiger partial charge in [-0.1, -0.05) is 30.3 Å². The number of hydrazine groups is 3. The molecule has 0 spiro atoms. The van der Waals surface area contributed by atoms with Gasteiger partial charge in [0, 0.05) is 26.6 Å². The lowest BCUT2D eigenvalue weighted by molar-refractivity contribution is -0.137. The molecule has 1 fully saturated rings. The Hall–Kier alpha value is -4.24. The van der Waals surface area contributed by atoms with E-state index in [0.717, 1.165) is 48.9 Å². The highest BCUT2D eigenvalue weighted by Crippen LogP contribution is 2.40. The van der Waals surface area contributed by atoms with Crippen molar-refractivity contribution in [1.29, 1.82) is 0 Å². The van der Waals surface area contributed by atoms with Crippen LogP contribution in [-0.4, -0.2) is 50.3 Å². The van der Waals surface area contributed by atoms with E-state index < -0.39 is 29.3 Å². The average molecular weight is 658 g/mol. The molecule has 5 rings (SSSR count). The summed E-state index contributed by atoms with van der Waals surface area (Å²) in [6, 6.07) is 15.0. The third-order valence-electron chi connectivity index (χ3n) is 8.62. The molecular formula is C33H39F4N7O3. The first-order valence-corrected chi connectivity index (χ1v) is 15.5. The van der Waals surface area contributed by atoms with Gasteiger partial charge >= 0.3 is 12.2 Å². The van der Waals surface area contributed by atoms with Gasteiger partial charge in [0.25, 0.3) is 0 Å². The van der Waals surface area contributed by atoms with Crippen molar-refractivity contribution in [3.63, 3.8) is 0 Å². The number of rotatable bonds is 10. The summed E-state index contributed by atoms with van der Waals surface area (Å²) < 4.78 is 59.7. The maximum atomic E-state index is 13.5. The Morgan fingerprint density at radius 2 is 1.70 bits per heavy atom. The molecule has 0 unspecified atom stereocenters. The highest BCUT2D eigenvalue weighted by molar-refractivity contribution is 6.03. The second-order valence-corrected chi connectivity index (χ2v) is 11.8. The monoisotopic (exact) mass is 657 g/mol. The summed E-state index contributed by atoms with van der Waals surface area (Å²) in [6.45, 7) is 1.37. The lowest BCUT2D eigenvalue weighted by atomic mass is 9.77. The topological polar surface area (TPSA) is 124 Å². The van der Waals surface area contributed by atoms with Gasteiger partial charge in [0.15, 0.2) is 0 Å². The van der Waals surface area contributed by atoms with Gasteiger partial charge in [-0.15, -0.1) is 0 Å². The van der Waals surface area contributed by atoms with E-state index in [0.29, 0.717) is 48.8 Å². The third-order valence-corrected chi connectivity index (χ3v) is 8.62. The number of carbonyl (C=O) groups is 2. The third kappa shape index (κ3) is 8.77. The quantitative estimate of drug-likeness (QED) is 0.0840. The van der Waals surface area contributed by atoms with Crippen LogP contribution in [0.4, 0.5) is 33.7 Å². The van der Waals surface area contributed by atoms with Crippen LogP contribution in [0.3, 0.4) is 0 Å². The normalized spacial score (nSPS) is 18.0. The second kappa shape index (κ2) is 15.1. The zero-order chi connectivity index (χ0) is 33.6. The maximum Gasteiger partial charge on any atom is 0.418 e. The number of hydrogen-bond acceptors (Lipinski definition) is 7. The Morgan fingerprint density at radius 3 is 2.40 bits per heavy atom. The van der Waals surface area contributed by atoms with Crippen LogP contribution in [0.1, 0.15) is 49.1 Å². The predicted octanol–water partition coefficient (Wildman–Crippen LogP) is 5.54. The standard InChI is InChI=1S/C33H39F4N7O3/c1-43(42-38)40-15-14-39-31(45)18-21-2-4-22(5-3-21)23-6-8-24(9-7-23)25-10-13-29-30(19-25)47-17-16-44(29)32(46)41-28-12-11-26(34)20-27(28)33(35,36)37/h6-13,19-22,40,42H,2-5,14-18,38H2,1H3,(H,39,45)(H,41,46). The molecule has 0 saturated heterocycles. The summed E-state index contributed by atoms with van der Waals surface area (Å²) >= 11 is 0. The van der Waals surface area contributed by atoms with Crippen LogP contribution in [0.2, 0.25) is 0 Å². The largest absolute Gasteiger partial charge is 0.490 e. The molecule has 47 heavy (non-hydrogen) atoms. The number of carbonyl (C=O) groups excluding carboxylic acids is 2. The number of hydrogen-bond donors (Lipinski definition) is 5. The smallest absolute Gasteiger partial charge is 0.418 e. The number of halogens is 4. The van der Waals surface area contributed by atoms with Gasteiger partial charge in [-0.3, -0.25) is 15.5 Å². The molecule has 1 aliphatic carbocycles. The Bertz CT molecular complexity index is 1550. The first-order valence-electron chi connectivity index (χ1n) is 15.5. The number of benzene rings is 3. The summed E-state index contributed by atoms with van der Waals surface area (Å²) in [5, 5.41) is 6.74. The molecule has 2 aliphatic rings. The van der Waals surface area contributed by atoms with Crippen LogP contribution in [0.15, 0.2) is 60.7 Å². The van der Waals surface area contributed by atoms with E-state index in [4.69, 9.17) is 10.6 Å². The molecule has 6 N–H and O–H groups in total. The van der Waals surface area contributed by atoms with E-state index in [1.165, 1.54) is 15.6 Å². The number of nitrogens with one attached hydrogen (secondary N) is 4.